The standard InChI is InChI=1S/C34H38F4N4O4/c1-8-27-24(32-20(4)9-10-26(35)21(32)5)14-23(17-39-27)28(16-31(44)45)40-33(46)29(13-19(2)3)42-18-22(11-12-41(6)7)25(15-30(42)43)34(36,37)38/h1,9-10,14-15,17-19,28-29H,11-13,16H2,2-7H3,(H,40,46)(H,44,45)/t28-,29-/m0/s1. The summed E-state index contributed by atoms with van der Waals surface area (Å²) in [7, 11) is 3.41. The molecule has 0 radical (unpaired) electrons. The van der Waals surface area contributed by atoms with Gasteiger partial charge in [-0.3, -0.25) is 14.4 Å². The second-order valence-electron chi connectivity index (χ2n) is 12.0. The summed E-state index contributed by atoms with van der Waals surface area (Å²) in [5.41, 5.74) is 0.0278. The minimum Gasteiger partial charge on any atom is -0.481 e. The van der Waals surface area contributed by atoms with Crippen molar-refractivity contribution < 1.29 is 32.3 Å². The fourth-order valence-electron chi connectivity index (χ4n) is 5.34. The van der Waals surface area contributed by atoms with E-state index >= 15 is 0 Å². The second kappa shape index (κ2) is 14.7. The Morgan fingerprint density at radius 2 is 1.85 bits per heavy atom. The van der Waals surface area contributed by atoms with Crippen LogP contribution < -0.4 is 10.9 Å². The molecule has 246 valence electrons. The molecule has 3 aromatic rings. The molecule has 0 spiro atoms. The first-order valence-corrected chi connectivity index (χ1v) is 14.7. The van der Waals surface area contributed by atoms with Crippen molar-refractivity contribution >= 4 is 11.9 Å². The number of rotatable bonds is 12. The molecule has 0 saturated heterocycles. The SMILES string of the molecule is C#Cc1ncc([C@H](CC(=O)O)NC(=O)[C@H](CC(C)C)n2cc(CCN(C)C)c(C(F)(F)F)cc2=O)cc1-c1c(C)ccc(F)c1C. The molecular formula is C34H38F4N4O4. The van der Waals surface area contributed by atoms with E-state index in [1.807, 2.05) is 0 Å². The first-order valence-electron chi connectivity index (χ1n) is 14.7. The van der Waals surface area contributed by atoms with E-state index in [0.29, 0.717) is 28.3 Å². The fourth-order valence-corrected chi connectivity index (χ4v) is 5.34. The number of aliphatic carboxylic acids is 1. The molecule has 2 heterocycles. The molecule has 0 unspecified atom stereocenters. The highest BCUT2D eigenvalue weighted by Crippen LogP contribution is 2.34. The van der Waals surface area contributed by atoms with Gasteiger partial charge in [-0.15, -0.1) is 6.42 Å². The van der Waals surface area contributed by atoms with Gasteiger partial charge in [0.05, 0.1) is 18.0 Å². The quantitative estimate of drug-likeness (QED) is 0.194. The summed E-state index contributed by atoms with van der Waals surface area (Å²) in [4.78, 5) is 45.0. The Kier molecular flexibility index (Phi) is 11.5. The zero-order valence-corrected chi connectivity index (χ0v) is 26.6. The first kappa shape index (κ1) is 36.0. The zero-order chi connectivity index (χ0) is 34.5. The Labute approximate surface area is 265 Å². The van der Waals surface area contributed by atoms with Gasteiger partial charge in [-0.25, -0.2) is 9.37 Å². The Bertz CT molecular complexity index is 1710. The van der Waals surface area contributed by atoms with E-state index in [2.05, 4.69) is 16.2 Å². The predicted octanol–water partition coefficient (Wildman–Crippen LogP) is 5.69. The van der Waals surface area contributed by atoms with E-state index in [1.165, 1.54) is 12.3 Å². The number of aryl methyl sites for hydroxylation is 1. The van der Waals surface area contributed by atoms with Gasteiger partial charge in [0.15, 0.2) is 0 Å². The number of carboxylic acids is 1. The molecule has 0 fully saturated rings. The van der Waals surface area contributed by atoms with Crippen LogP contribution in [0.5, 0.6) is 0 Å². The smallest absolute Gasteiger partial charge is 0.416 e. The third kappa shape index (κ3) is 8.60. The van der Waals surface area contributed by atoms with Crippen molar-refractivity contribution in [3.05, 3.63) is 86.3 Å². The number of carbonyl (C=O) groups is 2. The molecule has 0 saturated carbocycles. The Morgan fingerprint density at radius 3 is 2.41 bits per heavy atom. The van der Waals surface area contributed by atoms with E-state index in [1.54, 1.807) is 58.8 Å². The van der Waals surface area contributed by atoms with E-state index in [-0.39, 0.29) is 42.1 Å². The van der Waals surface area contributed by atoms with E-state index in [0.717, 1.165) is 10.8 Å². The largest absolute Gasteiger partial charge is 0.481 e. The van der Waals surface area contributed by atoms with Crippen LogP contribution in [0, 0.1) is 37.9 Å². The fraction of sp³-hybridized carbons (Fsp3) is 0.412. The number of benzene rings is 1. The van der Waals surface area contributed by atoms with Crippen LogP contribution in [0.1, 0.15) is 72.3 Å². The van der Waals surface area contributed by atoms with Gasteiger partial charge < -0.3 is 19.9 Å². The van der Waals surface area contributed by atoms with Gasteiger partial charge in [0, 0.05) is 30.6 Å². The molecule has 12 heteroatoms. The topological polar surface area (TPSA) is 105 Å². The molecule has 8 nitrogen and oxygen atoms in total. The normalized spacial score (nSPS) is 13.0. The summed E-state index contributed by atoms with van der Waals surface area (Å²) in [6.45, 7) is 7.17. The minimum absolute atomic E-state index is 0.0331. The van der Waals surface area contributed by atoms with Crippen LogP contribution in [-0.2, 0) is 22.2 Å². The number of carbonyl (C=O) groups excluding carboxylic acids is 1. The molecule has 1 aromatic carbocycles. The lowest BCUT2D eigenvalue weighted by molar-refractivity contribution is -0.139. The van der Waals surface area contributed by atoms with Crippen LogP contribution in [0.15, 0.2) is 41.5 Å². The van der Waals surface area contributed by atoms with Crippen LogP contribution in [0.25, 0.3) is 11.1 Å². The molecule has 3 rings (SSSR count). The molecule has 46 heavy (non-hydrogen) atoms. The van der Waals surface area contributed by atoms with Crippen LogP contribution in [-0.4, -0.2) is 52.1 Å². The molecule has 0 aliphatic heterocycles. The number of aromatic nitrogens is 2. The number of hydrogen-bond acceptors (Lipinski definition) is 5. The van der Waals surface area contributed by atoms with E-state index in [9.17, 15) is 37.1 Å². The second-order valence-corrected chi connectivity index (χ2v) is 12.0. The molecule has 0 aliphatic rings. The van der Waals surface area contributed by atoms with Crippen molar-refractivity contribution in [1.82, 2.24) is 19.8 Å². The lowest BCUT2D eigenvalue weighted by atomic mass is 9.91. The number of amides is 1. The van der Waals surface area contributed by atoms with Crippen LogP contribution in [0.3, 0.4) is 0 Å². The Morgan fingerprint density at radius 1 is 1.17 bits per heavy atom. The highest BCUT2D eigenvalue weighted by Gasteiger charge is 2.36. The van der Waals surface area contributed by atoms with E-state index in [4.69, 9.17) is 6.42 Å². The first-order chi connectivity index (χ1) is 21.4. The maximum absolute atomic E-state index is 14.6. The van der Waals surface area contributed by atoms with Gasteiger partial charge in [-0.1, -0.05) is 19.9 Å². The van der Waals surface area contributed by atoms with E-state index < -0.39 is 53.5 Å². The number of nitrogens with one attached hydrogen (secondary N) is 1. The highest BCUT2D eigenvalue weighted by atomic mass is 19.4. The van der Waals surface area contributed by atoms with Gasteiger partial charge in [0.1, 0.15) is 17.6 Å². The number of likely N-dealkylation sites (N-methyl/N-ethyl adjacent to an activating group) is 1. The summed E-state index contributed by atoms with van der Waals surface area (Å²) in [5, 5.41) is 12.4. The van der Waals surface area contributed by atoms with Crippen molar-refractivity contribution in [2.45, 2.75) is 65.2 Å². The average molecular weight is 643 g/mol. The van der Waals surface area contributed by atoms with Crippen LogP contribution >= 0.6 is 0 Å². The number of carboxylic acid groups (broad SMARTS) is 1. The molecule has 2 atom stereocenters. The number of halogens is 4. The van der Waals surface area contributed by atoms with Crippen molar-refractivity contribution in [3.8, 4) is 23.5 Å². The van der Waals surface area contributed by atoms with Gasteiger partial charge >= 0.3 is 12.1 Å². The number of nitrogens with zero attached hydrogens (tertiary/aromatic N) is 3. The predicted molar refractivity (Wildman–Crippen MR) is 167 cm³/mol. The average Bonchev–Trinajstić information content (AvgIpc) is 2.96. The monoisotopic (exact) mass is 642 g/mol. The van der Waals surface area contributed by atoms with Crippen molar-refractivity contribution in [2.75, 3.05) is 20.6 Å². The third-order valence-electron chi connectivity index (χ3n) is 7.65. The minimum atomic E-state index is -4.78. The number of pyridine rings is 2. The van der Waals surface area contributed by atoms with Gasteiger partial charge in [-0.05, 0) is 92.6 Å². The van der Waals surface area contributed by atoms with Crippen molar-refractivity contribution in [1.29, 1.82) is 0 Å². The number of hydrogen-bond donors (Lipinski definition) is 2. The highest BCUT2D eigenvalue weighted by molar-refractivity contribution is 5.82. The summed E-state index contributed by atoms with van der Waals surface area (Å²) >= 11 is 0. The molecule has 0 bridgehead atoms. The third-order valence-corrected chi connectivity index (χ3v) is 7.65. The van der Waals surface area contributed by atoms with Crippen molar-refractivity contribution in [3.63, 3.8) is 0 Å². The maximum atomic E-state index is 14.6. The zero-order valence-electron chi connectivity index (χ0n) is 26.6. The molecule has 2 N–H and O–H groups in total. The Hall–Kier alpha value is -4.50. The molecule has 0 aliphatic carbocycles. The summed E-state index contributed by atoms with van der Waals surface area (Å²) in [5.74, 6) is -0.211. The lowest BCUT2D eigenvalue weighted by Gasteiger charge is -2.26. The summed E-state index contributed by atoms with van der Waals surface area (Å²) < 4.78 is 57.2. The maximum Gasteiger partial charge on any atom is 0.416 e. The molecule has 2 aromatic heterocycles. The van der Waals surface area contributed by atoms with Gasteiger partial charge in [-0.2, -0.15) is 13.2 Å². The van der Waals surface area contributed by atoms with Crippen LogP contribution in [0.4, 0.5) is 17.6 Å². The Balaban J connectivity index is 2.14. The van der Waals surface area contributed by atoms with Gasteiger partial charge in [0.25, 0.3) is 5.56 Å². The van der Waals surface area contributed by atoms with Crippen LogP contribution in [0.2, 0.25) is 0 Å². The summed E-state index contributed by atoms with van der Waals surface area (Å²) in [6, 6.07) is 2.51. The van der Waals surface area contributed by atoms with Crippen molar-refractivity contribution in [2.24, 2.45) is 5.92 Å². The van der Waals surface area contributed by atoms with Gasteiger partial charge in [0.2, 0.25) is 5.91 Å². The molecular weight excluding hydrogens is 604 g/mol. The molecule has 1 amide bonds. The number of terminal acetylenes is 1. The number of alkyl halides is 3. The lowest BCUT2D eigenvalue weighted by Crippen LogP contribution is -2.40. The summed E-state index contributed by atoms with van der Waals surface area (Å²) in [6.07, 6.45) is 2.75.